The van der Waals surface area contributed by atoms with E-state index in [-0.39, 0.29) is 27.7 Å². The molecule has 6 heteroatoms. The lowest BCUT2D eigenvalue weighted by atomic mass is 10.00. The highest BCUT2D eigenvalue weighted by atomic mass is 35.5. The van der Waals surface area contributed by atoms with Crippen molar-refractivity contribution >= 4 is 17.4 Å². The molecule has 0 unspecified atom stereocenters. The zero-order valence-corrected chi connectivity index (χ0v) is 11.5. The number of H-pyrrole nitrogens is 1. The number of aromatic amines is 1. The normalized spacial score (nSPS) is 10.8. The molecule has 0 aliphatic carbocycles. The van der Waals surface area contributed by atoms with Gasteiger partial charge >= 0.3 is 0 Å². The van der Waals surface area contributed by atoms with Gasteiger partial charge < -0.3 is 5.73 Å². The fourth-order valence-electron chi connectivity index (χ4n) is 2.18. The van der Waals surface area contributed by atoms with Crippen LogP contribution in [0.5, 0.6) is 0 Å². The third-order valence-corrected chi connectivity index (χ3v) is 3.45. The van der Waals surface area contributed by atoms with Gasteiger partial charge in [-0.1, -0.05) is 35.9 Å². The number of hydrogen-bond donors (Lipinski definition) is 2. The van der Waals surface area contributed by atoms with E-state index in [1.807, 2.05) is 0 Å². The Labute approximate surface area is 124 Å². The first-order chi connectivity index (χ1) is 10.1. The number of nitrogens with one attached hydrogen (secondary N) is 1. The lowest BCUT2D eigenvalue weighted by Gasteiger charge is -2.07. The van der Waals surface area contributed by atoms with Crippen LogP contribution in [0.2, 0.25) is 5.02 Å². The van der Waals surface area contributed by atoms with Crippen molar-refractivity contribution in [3.05, 3.63) is 59.1 Å². The van der Waals surface area contributed by atoms with E-state index < -0.39 is 11.6 Å². The standard InChI is InChI=1S/C15H10ClF2N3/c16-10-6-3-5-9(13(10)18)14-12(15(19)21-20-14)8-4-1-2-7-11(8)17/h1-7H,(H3,19,20,21). The first-order valence-electron chi connectivity index (χ1n) is 6.12. The molecule has 0 saturated heterocycles. The SMILES string of the molecule is Nc1n[nH]c(-c2cccc(Cl)c2F)c1-c1ccccc1F. The Morgan fingerprint density at radius 2 is 1.71 bits per heavy atom. The summed E-state index contributed by atoms with van der Waals surface area (Å²) in [6.45, 7) is 0. The monoisotopic (exact) mass is 305 g/mol. The molecule has 2 aromatic carbocycles. The van der Waals surface area contributed by atoms with Gasteiger partial charge in [0.25, 0.3) is 0 Å². The molecule has 3 N–H and O–H groups in total. The topological polar surface area (TPSA) is 54.7 Å². The van der Waals surface area contributed by atoms with Gasteiger partial charge in [0.05, 0.1) is 16.3 Å². The van der Waals surface area contributed by atoms with Crippen molar-refractivity contribution in [3.63, 3.8) is 0 Å². The van der Waals surface area contributed by atoms with Crippen molar-refractivity contribution in [2.45, 2.75) is 0 Å². The number of rotatable bonds is 2. The van der Waals surface area contributed by atoms with E-state index in [1.165, 1.54) is 18.2 Å². The Morgan fingerprint density at radius 1 is 1.00 bits per heavy atom. The molecule has 0 aliphatic heterocycles. The summed E-state index contributed by atoms with van der Waals surface area (Å²) in [5.74, 6) is -0.982. The summed E-state index contributed by atoms with van der Waals surface area (Å²) in [6, 6.07) is 10.7. The van der Waals surface area contributed by atoms with E-state index in [4.69, 9.17) is 17.3 Å². The molecule has 0 amide bonds. The van der Waals surface area contributed by atoms with E-state index in [0.29, 0.717) is 5.56 Å². The number of nitrogens with zero attached hydrogens (tertiary/aromatic N) is 1. The Morgan fingerprint density at radius 3 is 2.48 bits per heavy atom. The Kier molecular flexibility index (Phi) is 3.35. The Bertz CT molecular complexity index is 814. The maximum atomic E-state index is 14.2. The summed E-state index contributed by atoms with van der Waals surface area (Å²) in [5.41, 5.74) is 6.84. The fourth-order valence-corrected chi connectivity index (χ4v) is 2.36. The highest BCUT2D eigenvalue weighted by Gasteiger charge is 2.20. The molecule has 0 bridgehead atoms. The van der Waals surface area contributed by atoms with E-state index in [2.05, 4.69) is 10.2 Å². The summed E-state index contributed by atoms with van der Waals surface area (Å²) in [5, 5.41) is 6.47. The number of nitrogens with two attached hydrogens (primary N) is 1. The van der Waals surface area contributed by atoms with Crippen molar-refractivity contribution in [3.8, 4) is 22.4 Å². The zero-order valence-electron chi connectivity index (χ0n) is 10.7. The lowest BCUT2D eigenvalue weighted by Crippen LogP contribution is -1.93. The highest BCUT2D eigenvalue weighted by molar-refractivity contribution is 6.31. The number of anilines is 1. The van der Waals surface area contributed by atoms with Gasteiger partial charge in [-0.05, 0) is 18.2 Å². The minimum Gasteiger partial charge on any atom is -0.382 e. The van der Waals surface area contributed by atoms with Crippen LogP contribution in [0.4, 0.5) is 14.6 Å². The number of halogens is 3. The molecule has 0 atom stereocenters. The summed E-state index contributed by atoms with van der Waals surface area (Å²) < 4.78 is 28.2. The third kappa shape index (κ3) is 2.25. The molecule has 0 fully saturated rings. The average molecular weight is 306 g/mol. The van der Waals surface area contributed by atoms with Crippen LogP contribution >= 0.6 is 11.6 Å². The van der Waals surface area contributed by atoms with E-state index >= 15 is 0 Å². The molecule has 0 spiro atoms. The molecule has 3 rings (SSSR count). The highest BCUT2D eigenvalue weighted by Crippen LogP contribution is 2.38. The van der Waals surface area contributed by atoms with E-state index in [0.717, 1.165) is 0 Å². The molecule has 0 aliphatic rings. The van der Waals surface area contributed by atoms with E-state index in [9.17, 15) is 8.78 Å². The van der Waals surface area contributed by atoms with Crippen LogP contribution in [0.15, 0.2) is 42.5 Å². The molecular formula is C15H10ClF2N3. The molecular weight excluding hydrogens is 296 g/mol. The summed E-state index contributed by atoms with van der Waals surface area (Å²) in [4.78, 5) is 0. The maximum Gasteiger partial charge on any atom is 0.153 e. The quantitative estimate of drug-likeness (QED) is 0.743. The van der Waals surface area contributed by atoms with Crippen LogP contribution in [0.1, 0.15) is 0 Å². The van der Waals surface area contributed by atoms with E-state index in [1.54, 1.807) is 24.3 Å². The molecule has 106 valence electrons. The van der Waals surface area contributed by atoms with Gasteiger partial charge in [0.1, 0.15) is 5.82 Å². The predicted octanol–water partition coefficient (Wildman–Crippen LogP) is 4.26. The Balaban J connectivity index is 2.28. The van der Waals surface area contributed by atoms with Crippen LogP contribution in [-0.2, 0) is 0 Å². The summed E-state index contributed by atoms with van der Waals surface area (Å²) >= 11 is 5.79. The van der Waals surface area contributed by atoms with Crippen LogP contribution < -0.4 is 5.73 Å². The molecule has 3 nitrogen and oxygen atoms in total. The molecule has 21 heavy (non-hydrogen) atoms. The second-order valence-corrected chi connectivity index (χ2v) is 4.85. The minimum absolute atomic E-state index is 0.0276. The van der Waals surface area contributed by atoms with Crippen molar-refractivity contribution < 1.29 is 8.78 Å². The average Bonchev–Trinajstić information content (AvgIpc) is 2.84. The van der Waals surface area contributed by atoms with Crippen molar-refractivity contribution in [1.82, 2.24) is 10.2 Å². The van der Waals surface area contributed by atoms with Crippen LogP contribution in [-0.4, -0.2) is 10.2 Å². The van der Waals surface area contributed by atoms with Crippen LogP contribution in [0.3, 0.4) is 0 Å². The number of benzene rings is 2. The smallest absolute Gasteiger partial charge is 0.153 e. The lowest BCUT2D eigenvalue weighted by molar-refractivity contribution is 0.629. The van der Waals surface area contributed by atoms with Gasteiger partial charge in [0.15, 0.2) is 11.6 Å². The molecule has 3 aromatic rings. The molecule has 1 heterocycles. The predicted molar refractivity (Wildman–Crippen MR) is 78.8 cm³/mol. The second kappa shape index (κ2) is 5.18. The second-order valence-electron chi connectivity index (χ2n) is 4.44. The summed E-state index contributed by atoms with van der Waals surface area (Å²) in [7, 11) is 0. The van der Waals surface area contributed by atoms with Crippen molar-refractivity contribution in [2.75, 3.05) is 5.73 Å². The van der Waals surface area contributed by atoms with Gasteiger partial charge in [0.2, 0.25) is 0 Å². The number of aromatic nitrogens is 2. The fraction of sp³-hybridized carbons (Fsp3) is 0. The third-order valence-electron chi connectivity index (χ3n) is 3.16. The van der Waals surface area contributed by atoms with Gasteiger partial charge in [-0.15, -0.1) is 0 Å². The minimum atomic E-state index is -0.611. The van der Waals surface area contributed by atoms with Crippen molar-refractivity contribution in [2.24, 2.45) is 0 Å². The first kappa shape index (κ1) is 13.6. The van der Waals surface area contributed by atoms with Gasteiger partial charge in [-0.25, -0.2) is 8.78 Å². The maximum absolute atomic E-state index is 14.2. The molecule has 1 aromatic heterocycles. The largest absolute Gasteiger partial charge is 0.382 e. The Hall–Kier alpha value is -2.40. The first-order valence-corrected chi connectivity index (χ1v) is 6.50. The number of hydrogen-bond acceptors (Lipinski definition) is 2. The zero-order chi connectivity index (χ0) is 15.0. The van der Waals surface area contributed by atoms with Crippen LogP contribution in [0.25, 0.3) is 22.4 Å². The van der Waals surface area contributed by atoms with Crippen molar-refractivity contribution in [1.29, 1.82) is 0 Å². The van der Waals surface area contributed by atoms with Crippen LogP contribution in [0, 0.1) is 11.6 Å². The molecule has 0 radical (unpaired) electrons. The van der Waals surface area contributed by atoms with Gasteiger partial charge in [-0.3, -0.25) is 5.10 Å². The van der Waals surface area contributed by atoms with Gasteiger partial charge in [0, 0.05) is 11.1 Å². The number of nitrogen functional groups attached to an aromatic ring is 1. The molecule has 0 saturated carbocycles. The summed E-state index contributed by atoms with van der Waals surface area (Å²) in [6.07, 6.45) is 0. The van der Waals surface area contributed by atoms with Gasteiger partial charge in [-0.2, -0.15) is 5.10 Å².